The first-order valence-electron chi connectivity index (χ1n) is 6.98. The average Bonchev–Trinajstić information content (AvgIpc) is 2.39. The Morgan fingerprint density at radius 1 is 1.05 bits per heavy atom. The fraction of sp³-hybridized carbons (Fsp3) is 0.278. The minimum Gasteiger partial charge on any atom is -0.508 e. The highest BCUT2D eigenvalue weighted by Crippen LogP contribution is 2.30. The van der Waals surface area contributed by atoms with Crippen molar-refractivity contribution in [3.63, 3.8) is 0 Å². The molecule has 0 aromatic heterocycles. The zero-order valence-corrected chi connectivity index (χ0v) is 13.0. The maximum atomic E-state index is 11.7. The Balaban J connectivity index is 2.30. The Bertz CT molecular complexity index is 634. The van der Waals surface area contributed by atoms with Crippen LogP contribution in [0.3, 0.4) is 0 Å². The SMILES string of the molecule is Cc1cc(O)cc(C)c1-c1ccc(CC(=O)N(C)C)cc1. The Morgan fingerprint density at radius 3 is 2.05 bits per heavy atom. The molecule has 0 radical (unpaired) electrons. The number of carbonyl (C=O) groups is 1. The van der Waals surface area contributed by atoms with Crippen LogP contribution in [-0.4, -0.2) is 30.0 Å². The molecule has 0 atom stereocenters. The highest BCUT2D eigenvalue weighted by molar-refractivity contribution is 5.79. The van der Waals surface area contributed by atoms with Crippen LogP contribution in [0.1, 0.15) is 16.7 Å². The second-order valence-electron chi connectivity index (χ2n) is 5.62. The molecule has 0 unspecified atom stereocenters. The topological polar surface area (TPSA) is 40.5 Å². The number of aryl methyl sites for hydroxylation is 2. The Hall–Kier alpha value is -2.29. The lowest BCUT2D eigenvalue weighted by atomic mass is 9.94. The number of hydrogen-bond donors (Lipinski definition) is 1. The summed E-state index contributed by atoms with van der Waals surface area (Å²) < 4.78 is 0. The van der Waals surface area contributed by atoms with Gasteiger partial charge in [0, 0.05) is 14.1 Å². The second kappa shape index (κ2) is 6.00. The lowest BCUT2D eigenvalue weighted by Crippen LogP contribution is -2.23. The molecule has 3 heteroatoms. The van der Waals surface area contributed by atoms with Gasteiger partial charge in [0.15, 0.2) is 0 Å². The number of likely N-dealkylation sites (N-methyl/N-ethyl adjacent to an activating group) is 1. The van der Waals surface area contributed by atoms with Crippen LogP contribution in [0.15, 0.2) is 36.4 Å². The Labute approximate surface area is 125 Å². The molecule has 0 heterocycles. The highest BCUT2D eigenvalue weighted by atomic mass is 16.3. The van der Waals surface area contributed by atoms with Crippen LogP contribution >= 0.6 is 0 Å². The predicted octanol–water partition coefficient (Wildman–Crippen LogP) is 3.31. The molecule has 3 nitrogen and oxygen atoms in total. The average molecular weight is 283 g/mol. The van der Waals surface area contributed by atoms with Gasteiger partial charge in [-0.15, -0.1) is 0 Å². The Kier molecular flexibility index (Phi) is 4.32. The zero-order valence-electron chi connectivity index (χ0n) is 13.0. The Morgan fingerprint density at radius 2 is 1.57 bits per heavy atom. The lowest BCUT2D eigenvalue weighted by Gasteiger charge is -2.13. The van der Waals surface area contributed by atoms with Gasteiger partial charge in [-0.1, -0.05) is 24.3 Å². The van der Waals surface area contributed by atoms with E-state index in [9.17, 15) is 9.90 Å². The van der Waals surface area contributed by atoms with E-state index in [0.29, 0.717) is 12.2 Å². The van der Waals surface area contributed by atoms with E-state index in [1.165, 1.54) is 0 Å². The summed E-state index contributed by atoms with van der Waals surface area (Å²) in [7, 11) is 3.53. The number of phenols is 1. The summed E-state index contributed by atoms with van der Waals surface area (Å²) in [6.45, 7) is 3.98. The van der Waals surface area contributed by atoms with Gasteiger partial charge in [-0.3, -0.25) is 4.79 Å². The summed E-state index contributed by atoms with van der Waals surface area (Å²) in [5, 5.41) is 9.62. The van der Waals surface area contributed by atoms with Gasteiger partial charge in [-0.05, 0) is 53.8 Å². The molecule has 0 spiro atoms. The van der Waals surface area contributed by atoms with E-state index in [2.05, 4.69) is 0 Å². The monoisotopic (exact) mass is 283 g/mol. The van der Waals surface area contributed by atoms with Crippen LogP contribution in [0.5, 0.6) is 5.75 Å². The van der Waals surface area contributed by atoms with Gasteiger partial charge in [-0.2, -0.15) is 0 Å². The summed E-state index contributed by atoms with van der Waals surface area (Å²) in [6.07, 6.45) is 0.417. The molecule has 0 saturated carbocycles. The van der Waals surface area contributed by atoms with E-state index in [1.54, 1.807) is 31.1 Å². The number of amides is 1. The van der Waals surface area contributed by atoms with Gasteiger partial charge in [-0.25, -0.2) is 0 Å². The van der Waals surface area contributed by atoms with Gasteiger partial charge >= 0.3 is 0 Å². The summed E-state index contributed by atoms with van der Waals surface area (Å²) in [4.78, 5) is 13.3. The molecule has 0 aliphatic carbocycles. The van der Waals surface area contributed by atoms with Crippen molar-refractivity contribution in [1.82, 2.24) is 4.90 Å². The number of hydrogen-bond acceptors (Lipinski definition) is 2. The highest BCUT2D eigenvalue weighted by Gasteiger charge is 2.09. The summed E-state index contributed by atoms with van der Waals surface area (Å²) >= 11 is 0. The maximum absolute atomic E-state index is 11.7. The minimum absolute atomic E-state index is 0.0970. The number of phenolic OH excluding ortho intramolecular Hbond substituents is 1. The van der Waals surface area contributed by atoms with E-state index in [-0.39, 0.29) is 5.91 Å². The normalized spacial score (nSPS) is 10.5. The number of nitrogens with zero attached hydrogens (tertiary/aromatic N) is 1. The van der Waals surface area contributed by atoms with Crippen LogP contribution in [0, 0.1) is 13.8 Å². The predicted molar refractivity (Wildman–Crippen MR) is 85.4 cm³/mol. The zero-order chi connectivity index (χ0) is 15.6. The van der Waals surface area contributed by atoms with Crippen LogP contribution in [-0.2, 0) is 11.2 Å². The van der Waals surface area contributed by atoms with Gasteiger partial charge < -0.3 is 10.0 Å². The van der Waals surface area contributed by atoms with Gasteiger partial charge in [0.25, 0.3) is 0 Å². The van der Waals surface area contributed by atoms with E-state index < -0.39 is 0 Å². The van der Waals surface area contributed by atoms with E-state index in [4.69, 9.17) is 0 Å². The first-order valence-corrected chi connectivity index (χ1v) is 6.98. The maximum Gasteiger partial charge on any atom is 0.226 e. The van der Waals surface area contributed by atoms with E-state index >= 15 is 0 Å². The smallest absolute Gasteiger partial charge is 0.226 e. The standard InChI is InChI=1S/C18H21NO2/c1-12-9-16(20)10-13(2)18(12)15-7-5-14(6-8-15)11-17(21)19(3)4/h5-10,20H,11H2,1-4H3. The molecule has 110 valence electrons. The molecule has 0 saturated heterocycles. The van der Waals surface area contributed by atoms with Crippen molar-refractivity contribution in [3.8, 4) is 16.9 Å². The van der Waals surface area contributed by atoms with Gasteiger partial charge in [0.05, 0.1) is 6.42 Å². The van der Waals surface area contributed by atoms with Crippen molar-refractivity contribution in [2.24, 2.45) is 0 Å². The first-order chi connectivity index (χ1) is 9.88. The first kappa shape index (κ1) is 15.1. The molecule has 0 fully saturated rings. The van der Waals surface area contributed by atoms with Crippen molar-refractivity contribution in [3.05, 3.63) is 53.1 Å². The fourth-order valence-electron chi connectivity index (χ4n) is 2.52. The quantitative estimate of drug-likeness (QED) is 0.939. The molecule has 1 N–H and O–H groups in total. The third kappa shape index (κ3) is 3.43. The van der Waals surface area contributed by atoms with Crippen LogP contribution in [0.2, 0.25) is 0 Å². The van der Waals surface area contributed by atoms with Gasteiger partial charge in [0.1, 0.15) is 5.75 Å². The largest absolute Gasteiger partial charge is 0.508 e. The molecule has 21 heavy (non-hydrogen) atoms. The molecular formula is C18H21NO2. The van der Waals surface area contributed by atoms with Crippen molar-refractivity contribution in [2.45, 2.75) is 20.3 Å². The third-order valence-electron chi connectivity index (χ3n) is 3.61. The van der Waals surface area contributed by atoms with Crippen molar-refractivity contribution in [2.75, 3.05) is 14.1 Å². The van der Waals surface area contributed by atoms with Crippen molar-refractivity contribution < 1.29 is 9.90 Å². The summed E-state index contributed by atoms with van der Waals surface area (Å²) in [5.41, 5.74) is 5.34. The second-order valence-corrected chi connectivity index (χ2v) is 5.62. The minimum atomic E-state index is 0.0970. The molecule has 2 aromatic carbocycles. The lowest BCUT2D eigenvalue weighted by molar-refractivity contribution is -0.127. The summed E-state index contributed by atoms with van der Waals surface area (Å²) in [6, 6.07) is 11.6. The molecule has 1 amide bonds. The molecule has 0 bridgehead atoms. The van der Waals surface area contributed by atoms with Crippen LogP contribution in [0.4, 0.5) is 0 Å². The van der Waals surface area contributed by atoms with Gasteiger partial charge in [0.2, 0.25) is 5.91 Å². The number of rotatable bonds is 3. The van der Waals surface area contributed by atoms with E-state index in [0.717, 1.165) is 27.8 Å². The number of aromatic hydroxyl groups is 1. The summed E-state index contributed by atoms with van der Waals surface area (Å²) in [5.74, 6) is 0.390. The van der Waals surface area contributed by atoms with Crippen LogP contribution < -0.4 is 0 Å². The molecule has 0 aliphatic heterocycles. The molecular weight excluding hydrogens is 262 g/mol. The number of benzene rings is 2. The van der Waals surface area contributed by atoms with Crippen LogP contribution in [0.25, 0.3) is 11.1 Å². The van der Waals surface area contributed by atoms with Crippen molar-refractivity contribution >= 4 is 5.91 Å². The third-order valence-corrected chi connectivity index (χ3v) is 3.61. The molecule has 2 aromatic rings. The number of carbonyl (C=O) groups excluding carboxylic acids is 1. The molecule has 2 rings (SSSR count). The van der Waals surface area contributed by atoms with Crippen molar-refractivity contribution in [1.29, 1.82) is 0 Å². The fourth-order valence-corrected chi connectivity index (χ4v) is 2.52. The molecule has 0 aliphatic rings. The van der Waals surface area contributed by atoms with E-state index in [1.807, 2.05) is 38.1 Å².